The van der Waals surface area contributed by atoms with Crippen LogP contribution < -0.4 is 4.74 Å². The zero-order chi connectivity index (χ0) is 29.2. The maximum atomic E-state index is 12.6. The van der Waals surface area contributed by atoms with Crippen molar-refractivity contribution in [3.63, 3.8) is 0 Å². The number of amides is 1. The van der Waals surface area contributed by atoms with Gasteiger partial charge in [-0.1, -0.05) is 83.1 Å². The zero-order valence-corrected chi connectivity index (χ0v) is 24.7. The number of aldehydes is 2. The number of halogens is 3. The van der Waals surface area contributed by atoms with E-state index in [2.05, 4.69) is 31.9 Å². The summed E-state index contributed by atoms with van der Waals surface area (Å²) in [6.45, 7) is 1.53. The van der Waals surface area contributed by atoms with Crippen molar-refractivity contribution in [1.82, 2.24) is 4.90 Å². The molecule has 41 heavy (non-hydrogen) atoms. The average Bonchev–Trinajstić information content (AvgIpc) is 2.91. The summed E-state index contributed by atoms with van der Waals surface area (Å²) >= 11 is 6.41. The zero-order valence-electron chi connectivity index (χ0n) is 21.6. The van der Waals surface area contributed by atoms with Crippen LogP contribution in [0.5, 0.6) is 17.2 Å². The van der Waals surface area contributed by atoms with E-state index in [9.17, 15) is 18.8 Å². The van der Waals surface area contributed by atoms with Crippen molar-refractivity contribution in [2.24, 2.45) is 0 Å². The molecule has 1 amide bonds. The highest BCUT2D eigenvalue weighted by molar-refractivity contribution is 9.10. The fraction of sp³-hybridized carbons (Fsp3) is 0.156. The summed E-state index contributed by atoms with van der Waals surface area (Å²) in [6.07, 6.45) is 1.27. The first-order valence-corrected chi connectivity index (χ1v) is 13.0. The number of phenolic OH excluding ortho intramolecular Hbond substituents is 1. The van der Waals surface area contributed by atoms with Crippen molar-refractivity contribution in [2.45, 2.75) is 21.8 Å². The number of ether oxygens (including phenoxy) is 1. The van der Waals surface area contributed by atoms with Crippen molar-refractivity contribution in [3.8, 4) is 17.2 Å². The highest BCUT2D eigenvalue weighted by atomic mass is 79.9. The maximum absolute atomic E-state index is 12.6. The molecule has 4 aromatic rings. The minimum atomic E-state index is -0.496. The van der Waals surface area contributed by atoms with E-state index in [1.807, 2.05) is 42.5 Å². The lowest BCUT2D eigenvalue weighted by Crippen LogP contribution is -2.17. The van der Waals surface area contributed by atoms with Crippen molar-refractivity contribution >= 4 is 50.3 Å². The van der Waals surface area contributed by atoms with Gasteiger partial charge in [0.2, 0.25) is 5.91 Å². The van der Waals surface area contributed by atoms with Gasteiger partial charge in [0, 0.05) is 30.0 Å². The number of rotatable bonds is 4. The Kier molecular flexibility index (Phi) is 21.0. The van der Waals surface area contributed by atoms with Crippen molar-refractivity contribution < 1.29 is 28.6 Å². The minimum Gasteiger partial charge on any atom is -0.508 e. The summed E-state index contributed by atoms with van der Waals surface area (Å²) < 4.78 is 19.7. The van der Waals surface area contributed by atoms with Crippen LogP contribution in [-0.2, 0) is 4.79 Å². The first-order valence-electron chi connectivity index (χ1n) is 11.4. The topological polar surface area (TPSA) is 83.9 Å². The van der Waals surface area contributed by atoms with E-state index < -0.39 is 5.82 Å². The van der Waals surface area contributed by atoms with Gasteiger partial charge in [0.1, 0.15) is 23.1 Å². The van der Waals surface area contributed by atoms with E-state index in [4.69, 9.17) is 9.84 Å². The normalized spacial score (nSPS) is 8.73. The maximum Gasteiger partial charge on any atom is 0.218 e. The van der Waals surface area contributed by atoms with Gasteiger partial charge in [0.25, 0.3) is 0 Å². The number of nitrogens with zero attached hydrogens (tertiary/aromatic N) is 1. The molecule has 0 unspecified atom stereocenters. The largest absolute Gasteiger partial charge is 0.508 e. The number of carbonyl (C=O) groups excluding carboxylic acids is 3. The Morgan fingerprint density at radius 3 is 1.61 bits per heavy atom. The first kappa shape index (κ1) is 39.3. The highest BCUT2D eigenvalue weighted by Crippen LogP contribution is 2.27. The molecule has 6 nitrogen and oxygen atoms in total. The molecule has 1 N–H and O–H groups in total. The molecule has 0 aliphatic heterocycles. The molecule has 0 aliphatic carbocycles. The molecule has 0 atom stereocenters. The van der Waals surface area contributed by atoms with Crippen LogP contribution in [0.25, 0.3) is 0 Å². The summed E-state index contributed by atoms with van der Waals surface area (Å²) in [6, 6.07) is 27.7. The van der Waals surface area contributed by atoms with Gasteiger partial charge in [0.15, 0.2) is 12.6 Å². The van der Waals surface area contributed by atoms with Gasteiger partial charge >= 0.3 is 0 Å². The number of hydrogen-bond acceptors (Lipinski definition) is 5. The molecule has 4 aromatic carbocycles. The van der Waals surface area contributed by atoms with Crippen LogP contribution in [0.1, 0.15) is 42.5 Å². The summed E-state index contributed by atoms with van der Waals surface area (Å²) in [5, 5.41) is 8.63. The van der Waals surface area contributed by atoms with Crippen LogP contribution in [0, 0.1) is 5.82 Å². The van der Waals surface area contributed by atoms with Gasteiger partial charge in [-0.25, -0.2) is 4.39 Å². The predicted molar refractivity (Wildman–Crippen MR) is 171 cm³/mol. The molecule has 220 valence electrons. The molecule has 0 saturated heterocycles. The van der Waals surface area contributed by atoms with Gasteiger partial charge in [0.05, 0.1) is 11.1 Å². The summed E-state index contributed by atoms with van der Waals surface area (Å²) in [5.74, 6) is 1.18. The van der Waals surface area contributed by atoms with E-state index in [-0.39, 0.29) is 26.3 Å². The second-order valence-electron chi connectivity index (χ2n) is 7.75. The second kappa shape index (κ2) is 21.9. The number of benzene rings is 4. The Balaban J connectivity index is 0. The molecule has 0 radical (unpaired) electrons. The van der Waals surface area contributed by atoms with Crippen LogP contribution in [0.15, 0.2) is 106 Å². The number of hydrogen-bond donors (Lipinski definition) is 1. The lowest BCUT2D eigenvalue weighted by molar-refractivity contribution is -0.126. The highest BCUT2D eigenvalue weighted by Gasteiger charge is 2.04. The standard InChI is InChI=1S/C13H9BrO2.C7H4BrFO.C6H6O.C4H9NO.2CH4/c14-11-7-6-10(9-15)13(8-11)16-12-4-2-1-3-5-12;8-6-2-1-5(4-10)7(9)3-6;7-6-4-2-1-3-5-6;1-4(6)5(2)3;;/h1-9H;1-4H;1-5,7H;1-3H3;2*1H4. The van der Waals surface area contributed by atoms with Crippen LogP contribution >= 0.6 is 31.9 Å². The molecular weight excluding hydrogens is 657 g/mol. The molecule has 0 aliphatic rings. The van der Waals surface area contributed by atoms with Gasteiger partial charge < -0.3 is 14.7 Å². The van der Waals surface area contributed by atoms with E-state index in [0.29, 0.717) is 33.6 Å². The SMILES string of the molecule is C.C.CC(=O)N(C)C.O=Cc1ccc(Br)cc1F.O=Cc1ccc(Br)cc1Oc1ccccc1.Oc1ccccc1. The monoisotopic (exact) mass is 691 g/mol. The van der Waals surface area contributed by atoms with Crippen LogP contribution in [-0.4, -0.2) is 42.6 Å². The molecule has 9 heteroatoms. The van der Waals surface area contributed by atoms with Gasteiger partial charge in [-0.2, -0.15) is 0 Å². The Morgan fingerprint density at radius 1 is 0.780 bits per heavy atom. The van der Waals surface area contributed by atoms with Crippen LogP contribution in [0.2, 0.25) is 0 Å². The molecule has 0 bridgehead atoms. The number of carbonyl (C=O) groups is 3. The van der Waals surface area contributed by atoms with E-state index in [1.165, 1.54) is 24.0 Å². The lowest BCUT2D eigenvalue weighted by Gasteiger charge is -2.07. The Morgan fingerprint density at radius 2 is 1.22 bits per heavy atom. The molecule has 0 spiro atoms. The quantitative estimate of drug-likeness (QED) is 0.216. The third-order valence-corrected chi connectivity index (χ3v) is 5.54. The summed E-state index contributed by atoms with van der Waals surface area (Å²) in [4.78, 5) is 32.5. The van der Waals surface area contributed by atoms with Gasteiger partial charge in [-0.05, 0) is 60.7 Å². The summed E-state index contributed by atoms with van der Waals surface area (Å²) in [5.41, 5.74) is 0.621. The average molecular weight is 693 g/mol. The van der Waals surface area contributed by atoms with Gasteiger partial charge in [-0.15, -0.1) is 0 Å². The van der Waals surface area contributed by atoms with E-state index in [1.54, 1.807) is 56.6 Å². The number of phenols is 1. The van der Waals surface area contributed by atoms with Crippen molar-refractivity contribution in [2.75, 3.05) is 14.1 Å². The van der Waals surface area contributed by atoms with Crippen LogP contribution in [0.4, 0.5) is 4.39 Å². The van der Waals surface area contributed by atoms with Crippen molar-refractivity contribution in [3.05, 3.63) is 123 Å². The number of para-hydroxylation sites is 2. The van der Waals surface area contributed by atoms with E-state index in [0.717, 1.165) is 10.8 Å². The Bertz CT molecular complexity index is 1320. The minimum absolute atomic E-state index is 0. The lowest BCUT2D eigenvalue weighted by atomic mass is 10.2. The molecule has 4 rings (SSSR count). The van der Waals surface area contributed by atoms with Gasteiger partial charge in [-0.3, -0.25) is 14.4 Å². The molecular formula is C32H36Br2FNO5. The van der Waals surface area contributed by atoms with Crippen molar-refractivity contribution in [1.29, 1.82) is 0 Å². The third kappa shape index (κ3) is 16.8. The number of aromatic hydroxyl groups is 1. The molecule has 0 saturated carbocycles. The fourth-order valence-corrected chi connectivity index (χ4v) is 3.01. The smallest absolute Gasteiger partial charge is 0.218 e. The Labute approximate surface area is 259 Å². The van der Waals surface area contributed by atoms with Crippen LogP contribution in [0.3, 0.4) is 0 Å². The molecule has 0 heterocycles. The Hall–Kier alpha value is -3.82. The fourth-order valence-electron chi connectivity index (χ4n) is 2.33. The second-order valence-corrected chi connectivity index (χ2v) is 9.58. The van der Waals surface area contributed by atoms with E-state index >= 15 is 0 Å². The molecule has 0 aromatic heterocycles. The first-order chi connectivity index (χ1) is 18.6. The summed E-state index contributed by atoms with van der Waals surface area (Å²) in [7, 11) is 3.45. The predicted octanol–water partition coefficient (Wildman–Crippen LogP) is 9.21. The molecule has 0 fully saturated rings. The third-order valence-electron chi connectivity index (χ3n) is 4.55.